The molecule has 0 saturated carbocycles. The second-order valence-corrected chi connectivity index (χ2v) is 7.49. The first-order valence-corrected chi connectivity index (χ1v) is 7.74. The summed E-state index contributed by atoms with van der Waals surface area (Å²) in [5.74, 6) is 0.845. The molecular formula is C17H27ClFN. The summed E-state index contributed by atoms with van der Waals surface area (Å²) in [4.78, 5) is 0. The number of nitrogens with one attached hydrogen (secondary N) is 1. The van der Waals surface area contributed by atoms with Crippen LogP contribution in [-0.4, -0.2) is 12.1 Å². The summed E-state index contributed by atoms with van der Waals surface area (Å²) in [5.41, 5.74) is 1.23. The van der Waals surface area contributed by atoms with Crippen LogP contribution in [-0.2, 0) is 6.42 Å². The van der Waals surface area contributed by atoms with E-state index >= 15 is 0 Å². The number of halogens is 2. The molecule has 0 saturated heterocycles. The Hall–Kier alpha value is -0.600. The van der Waals surface area contributed by atoms with Crippen molar-refractivity contribution in [3.63, 3.8) is 0 Å². The van der Waals surface area contributed by atoms with Crippen molar-refractivity contribution in [2.24, 2.45) is 11.8 Å². The maximum absolute atomic E-state index is 13.2. The second kappa shape index (κ2) is 7.42. The minimum atomic E-state index is -0.344. The molecule has 0 aliphatic heterocycles. The Labute approximate surface area is 127 Å². The molecular weight excluding hydrogens is 273 g/mol. The molecule has 0 heterocycles. The molecule has 20 heavy (non-hydrogen) atoms. The van der Waals surface area contributed by atoms with E-state index in [0.717, 1.165) is 24.9 Å². The molecule has 1 rings (SSSR count). The standard InChI is InChI=1S/C17H27ClFN/c1-12(2)8-14(11-20-17(3,4)5)9-13-6-7-16(19)15(18)10-13/h6-7,10,12,14,20H,8-9,11H2,1-5H3. The molecule has 1 aromatic rings. The van der Waals surface area contributed by atoms with E-state index in [1.54, 1.807) is 6.07 Å². The lowest BCUT2D eigenvalue weighted by atomic mass is 9.90. The van der Waals surface area contributed by atoms with Crippen LogP contribution in [0, 0.1) is 17.7 Å². The van der Waals surface area contributed by atoms with Gasteiger partial charge >= 0.3 is 0 Å². The third-order valence-electron chi connectivity index (χ3n) is 3.23. The van der Waals surface area contributed by atoms with Crippen molar-refractivity contribution >= 4 is 11.6 Å². The van der Waals surface area contributed by atoms with Crippen LogP contribution < -0.4 is 5.32 Å². The minimum Gasteiger partial charge on any atom is -0.312 e. The molecule has 1 aromatic carbocycles. The zero-order valence-electron chi connectivity index (χ0n) is 13.3. The van der Waals surface area contributed by atoms with Crippen LogP contribution in [0.25, 0.3) is 0 Å². The highest BCUT2D eigenvalue weighted by Gasteiger charge is 2.16. The Morgan fingerprint density at radius 3 is 2.40 bits per heavy atom. The summed E-state index contributed by atoms with van der Waals surface area (Å²) >= 11 is 5.86. The van der Waals surface area contributed by atoms with Gasteiger partial charge in [0, 0.05) is 5.54 Å². The summed E-state index contributed by atoms with van der Waals surface area (Å²) in [6, 6.07) is 5.05. The summed E-state index contributed by atoms with van der Waals surface area (Å²) < 4.78 is 13.2. The first-order valence-electron chi connectivity index (χ1n) is 7.36. The predicted molar refractivity (Wildman–Crippen MR) is 85.8 cm³/mol. The highest BCUT2D eigenvalue weighted by atomic mass is 35.5. The van der Waals surface area contributed by atoms with E-state index in [1.807, 2.05) is 6.07 Å². The van der Waals surface area contributed by atoms with Gasteiger partial charge in [-0.05, 0) is 69.7 Å². The Morgan fingerprint density at radius 1 is 1.25 bits per heavy atom. The number of hydrogen-bond donors (Lipinski definition) is 1. The lowest BCUT2D eigenvalue weighted by Gasteiger charge is -2.26. The van der Waals surface area contributed by atoms with Gasteiger partial charge in [-0.3, -0.25) is 0 Å². The predicted octanol–water partition coefficient (Wildman–Crippen LogP) is 5.07. The molecule has 0 bridgehead atoms. The molecule has 114 valence electrons. The lowest BCUT2D eigenvalue weighted by molar-refractivity contribution is 0.331. The van der Waals surface area contributed by atoms with Gasteiger partial charge in [-0.2, -0.15) is 0 Å². The van der Waals surface area contributed by atoms with Gasteiger partial charge in [-0.1, -0.05) is 31.5 Å². The molecule has 0 spiro atoms. The van der Waals surface area contributed by atoms with Crippen LogP contribution in [0.15, 0.2) is 18.2 Å². The topological polar surface area (TPSA) is 12.0 Å². The molecule has 1 N–H and O–H groups in total. The highest BCUT2D eigenvalue weighted by molar-refractivity contribution is 6.30. The molecule has 0 aromatic heterocycles. The monoisotopic (exact) mass is 299 g/mol. The average molecular weight is 300 g/mol. The Balaban J connectivity index is 2.70. The molecule has 1 atom stereocenters. The summed E-state index contributed by atoms with van der Waals surface area (Å²) in [6.45, 7) is 12.0. The molecule has 0 aliphatic carbocycles. The van der Waals surface area contributed by atoms with E-state index < -0.39 is 0 Å². The van der Waals surface area contributed by atoms with Crippen LogP contribution in [0.2, 0.25) is 5.02 Å². The lowest BCUT2D eigenvalue weighted by Crippen LogP contribution is -2.39. The van der Waals surface area contributed by atoms with Crippen LogP contribution in [0.5, 0.6) is 0 Å². The summed E-state index contributed by atoms with van der Waals surface area (Å²) in [7, 11) is 0. The van der Waals surface area contributed by atoms with Crippen molar-refractivity contribution in [3.05, 3.63) is 34.6 Å². The van der Waals surface area contributed by atoms with Crippen LogP contribution >= 0.6 is 11.6 Å². The fourth-order valence-corrected chi connectivity index (χ4v) is 2.56. The van der Waals surface area contributed by atoms with Gasteiger partial charge in [0.25, 0.3) is 0 Å². The maximum atomic E-state index is 13.2. The first kappa shape index (κ1) is 17.5. The SMILES string of the molecule is CC(C)CC(CNC(C)(C)C)Cc1ccc(F)c(Cl)c1. The molecule has 0 radical (unpaired) electrons. The number of benzene rings is 1. The Kier molecular flexibility index (Phi) is 6.47. The quantitative estimate of drug-likeness (QED) is 0.773. The van der Waals surface area contributed by atoms with E-state index in [2.05, 4.69) is 39.9 Å². The normalized spacial score (nSPS) is 13.8. The minimum absolute atomic E-state index is 0.121. The van der Waals surface area contributed by atoms with Crippen LogP contribution in [0.3, 0.4) is 0 Å². The fraction of sp³-hybridized carbons (Fsp3) is 0.647. The smallest absolute Gasteiger partial charge is 0.141 e. The largest absolute Gasteiger partial charge is 0.312 e. The number of rotatable bonds is 6. The molecule has 0 aliphatic rings. The highest BCUT2D eigenvalue weighted by Crippen LogP contribution is 2.21. The van der Waals surface area contributed by atoms with Gasteiger partial charge in [0.15, 0.2) is 0 Å². The van der Waals surface area contributed by atoms with Gasteiger partial charge in [0.05, 0.1) is 5.02 Å². The first-order chi connectivity index (χ1) is 9.17. The molecule has 1 unspecified atom stereocenters. The van der Waals surface area contributed by atoms with Gasteiger partial charge < -0.3 is 5.32 Å². The van der Waals surface area contributed by atoms with Gasteiger partial charge in [0.2, 0.25) is 0 Å². The van der Waals surface area contributed by atoms with E-state index in [1.165, 1.54) is 6.07 Å². The van der Waals surface area contributed by atoms with Crippen molar-refractivity contribution < 1.29 is 4.39 Å². The van der Waals surface area contributed by atoms with Gasteiger partial charge in [0.1, 0.15) is 5.82 Å². The Morgan fingerprint density at radius 2 is 1.90 bits per heavy atom. The van der Waals surface area contributed by atoms with Crippen molar-refractivity contribution in [2.45, 2.75) is 53.0 Å². The van der Waals surface area contributed by atoms with Crippen LogP contribution in [0.4, 0.5) is 4.39 Å². The van der Waals surface area contributed by atoms with E-state index in [4.69, 9.17) is 11.6 Å². The molecule has 0 amide bonds. The molecule has 0 fully saturated rings. The second-order valence-electron chi connectivity index (χ2n) is 7.08. The average Bonchev–Trinajstić information content (AvgIpc) is 2.29. The van der Waals surface area contributed by atoms with Crippen molar-refractivity contribution in [2.75, 3.05) is 6.54 Å². The zero-order chi connectivity index (χ0) is 15.3. The van der Waals surface area contributed by atoms with E-state index in [9.17, 15) is 4.39 Å². The summed E-state index contributed by atoms with van der Waals surface area (Å²) in [6.07, 6.45) is 2.08. The fourth-order valence-electron chi connectivity index (χ4n) is 2.36. The van der Waals surface area contributed by atoms with Gasteiger partial charge in [-0.15, -0.1) is 0 Å². The summed E-state index contributed by atoms with van der Waals surface area (Å²) in [5, 5.41) is 3.78. The van der Waals surface area contributed by atoms with E-state index in [0.29, 0.717) is 11.8 Å². The number of hydrogen-bond acceptors (Lipinski definition) is 1. The van der Waals surface area contributed by atoms with Crippen LogP contribution in [0.1, 0.15) is 46.6 Å². The maximum Gasteiger partial charge on any atom is 0.141 e. The van der Waals surface area contributed by atoms with E-state index in [-0.39, 0.29) is 16.4 Å². The molecule has 1 nitrogen and oxygen atoms in total. The molecule has 3 heteroatoms. The third kappa shape index (κ3) is 6.71. The van der Waals surface area contributed by atoms with Gasteiger partial charge in [-0.25, -0.2) is 4.39 Å². The Bertz CT molecular complexity index is 423. The zero-order valence-corrected chi connectivity index (χ0v) is 14.0. The van der Waals surface area contributed by atoms with Crippen molar-refractivity contribution in [1.29, 1.82) is 0 Å². The third-order valence-corrected chi connectivity index (χ3v) is 3.52. The van der Waals surface area contributed by atoms with Crippen molar-refractivity contribution in [1.82, 2.24) is 5.32 Å². The van der Waals surface area contributed by atoms with Crippen molar-refractivity contribution in [3.8, 4) is 0 Å².